The Kier molecular flexibility index (Phi) is 1.45. The van der Waals surface area contributed by atoms with Gasteiger partial charge in [0.2, 0.25) is 0 Å². The molecule has 44 valence electrons. The van der Waals surface area contributed by atoms with Crippen LogP contribution in [-0.4, -0.2) is 5.11 Å². The highest BCUT2D eigenvalue weighted by molar-refractivity contribution is 7.71. The monoisotopic (exact) mass is 132 g/mol. The second-order valence-corrected chi connectivity index (χ2v) is 1.55. The van der Waals surface area contributed by atoms with Gasteiger partial charge in [0.15, 0.2) is 5.76 Å². The maximum Gasteiger partial charge on any atom is 0.362 e. The van der Waals surface area contributed by atoms with Crippen LogP contribution in [0.1, 0.15) is 5.76 Å². The summed E-state index contributed by atoms with van der Waals surface area (Å²) in [7, 11) is 0. The fourth-order valence-electron chi connectivity index (χ4n) is 0.339. The van der Waals surface area contributed by atoms with Crippen molar-refractivity contribution in [2.75, 3.05) is 0 Å². The van der Waals surface area contributed by atoms with Crippen LogP contribution in [0.3, 0.4) is 0 Å². The summed E-state index contributed by atoms with van der Waals surface area (Å²) in [5.41, 5.74) is 0. The minimum absolute atomic E-state index is 0.0500. The largest absolute Gasteiger partial charge is 0.422 e. The van der Waals surface area contributed by atoms with Crippen molar-refractivity contribution in [1.29, 1.82) is 0 Å². The Morgan fingerprint density at radius 2 is 2.50 bits per heavy atom. The van der Waals surface area contributed by atoms with Gasteiger partial charge in [0, 0.05) is 12.2 Å². The molecule has 1 rings (SSSR count). The van der Waals surface area contributed by atoms with Gasteiger partial charge >= 0.3 is 4.90 Å². The fourth-order valence-corrected chi connectivity index (χ4v) is 0.494. The molecule has 1 N–H and O–H groups in total. The molecule has 0 fully saturated rings. The van der Waals surface area contributed by atoms with Crippen LogP contribution < -0.4 is 0 Å². The van der Waals surface area contributed by atoms with Crippen molar-refractivity contribution in [3.63, 3.8) is 0 Å². The Morgan fingerprint density at radius 3 is 2.75 bits per heavy atom. The second-order valence-electron chi connectivity index (χ2n) is 1.21. The molecule has 0 aliphatic carbocycles. The van der Waals surface area contributed by atoms with E-state index in [0.29, 0.717) is 5.76 Å². The minimum Gasteiger partial charge on any atom is -0.422 e. The predicted octanol–water partition coefficient (Wildman–Crippen LogP) is 1.09. The molecular formula is C4H4O3S. The molecule has 0 aliphatic rings. The second kappa shape index (κ2) is 2.11. The zero-order valence-electron chi connectivity index (χ0n) is 3.96. The van der Waals surface area contributed by atoms with Gasteiger partial charge < -0.3 is 13.9 Å². The molecule has 0 saturated heterocycles. The van der Waals surface area contributed by atoms with Crippen molar-refractivity contribution in [2.45, 2.75) is 6.61 Å². The van der Waals surface area contributed by atoms with Gasteiger partial charge in [-0.25, -0.2) is 0 Å². The van der Waals surface area contributed by atoms with Crippen LogP contribution in [0.5, 0.6) is 0 Å². The number of rotatable bonds is 1. The molecule has 0 spiro atoms. The van der Waals surface area contributed by atoms with E-state index in [1.807, 2.05) is 0 Å². The highest BCUT2D eigenvalue weighted by Gasteiger charge is 1.92. The van der Waals surface area contributed by atoms with E-state index in [1.54, 1.807) is 0 Å². The quantitative estimate of drug-likeness (QED) is 0.581. The third kappa shape index (κ3) is 0.962. The van der Waals surface area contributed by atoms with Gasteiger partial charge in [0.25, 0.3) is 0 Å². The van der Waals surface area contributed by atoms with Crippen molar-refractivity contribution >= 4 is 12.2 Å². The molecule has 4 heteroatoms. The van der Waals surface area contributed by atoms with Gasteiger partial charge in [0.1, 0.15) is 12.9 Å². The topological polar surface area (TPSA) is 46.5 Å². The zero-order valence-corrected chi connectivity index (χ0v) is 4.77. The van der Waals surface area contributed by atoms with Gasteiger partial charge in [-0.05, 0) is 0 Å². The van der Waals surface area contributed by atoms with Gasteiger partial charge in [-0.1, -0.05) is 0 Å². The summed E-state index contributed by atoms with van der Waals surface area (Å²) in [5.74, 6) is 0.356. The average Bonchev–Trinajstić information content (AvgIpc) is 2.14. The molecule has 0 atom stereocenters. The van der Waals surface area contributed by atoms with Gasteiger partial charge in [-0.15, -0.1) is 0 Å². The molecule has 0 aliphatic heterocycles. The lowest BCUT2D eigenvalue weighted by molar-refractivity contribution is 0.244. The number of aliphatic hydroxyl groups excluding tert-OH is 1. The Balaban J connectivity index is 3.01. The Labute approximate surface area is 50.5 Å². The average molecular weight is 132 g/mol. The van der Waals surface area contributed by atoms with Crippen LogP contribution >= 0.6 is 12.2 Å². The van der Waals surface area contributed by atoms with Crippen molar-refractivity contribution in [2.24, 2.45) is 0 Å². The lowest BCUT2D eigenvalue weighted by Gasteiger charge is -1.76. The van der Waals surface area contributed by atoms with Crippen LogP contribution in [0.2, 0.25) is 0 Å². The molecule has 0 aromatic carbocycles. The fraction of sp³-hybridized carbons (Fsp3) is 0.250. The molecular weight excluding hydrogens is 128 g/mol. The smallest absolute Gasteiger partial charge is 0.362 e. The van der Waals surface area contributed by atoms with E-state index < -0.39 is 0 Å². The van der Waals surface area contributed by atoms with E-state index in [4.69, 9.17) is 5.11 Å². The summed E-state index contributed by atoms with van der Waals surface area (Å²) in [6.07, 6.45) is 1.28. The molecule has 3 nitrogen and oxygen atoms in total. The summed E-state index contributed by atoms with van der Waals surface area (Å²) in [5, 5.41) is 8.35. The third-order valence-electron chi connectivity index (χ3n) is 0.657. The van der Waals surface area contributed by atoms with E-state index >= 15 is 0 Å². The van der Waals surface area contributed by atoms with Crippen molar-refractivity contribution < 1.29 is 13.9 Å². The molecule has 0 bridgehead atoms. The molecule has 1 aromatic rings. The predicted molar refractivity (Wildman–Crippen MR) is 27.7 cm³/mol. The van der Waals surface area contributed by atoms with E-state index in [2.05, 4.69) is 21.1 Å². The maximum atomic E-state index is 8.35. The number of hydrogen-bond donors (Lipinski definition) is 1. The highest BCUT2D eigenvalue weighted by Crippen LogP contribution is 2.00. The summed E-state index contributed by atoms with van der Waals surface area (Å²) < 4.78 is 9.17. The standard InChI is InChI=1S/C4H4O3S/c5-1-3-2-6-4(8)7-3/h2,5H,1H2. The van der Waals surface area contributed by atoms with Crippen LogP contribution in [0.15, 0.2) is 15.1 Å². The lowest BCUT2D eigenvalue weighted by atomic mass is 10.6. The normalized spacial score (nSPS) is 9.62. The van der Waals surface area contributed by atoms with Gasteiger partial charge in [0.05, 0.1) is 0 Å². The summed E-state index contributed by atoms with van der Waals surface area (Å²) >= 11 is 4.45. The Morgan fingerprint density at radius 1 is 1.75 bits per heavy atom. The summed E-state index contributed by atoms with van der Waals surface area (Å²) in [4.78, 5) is 0.0500. The summed E-state index contributed by atoms with van der Waals surface area (Å²) in [6.45, 7) is -0.167. The number of hydrogen-bond acceptors (Lipinski definition) is 4. The first-order chi connectivity index (χ1) is 3.83. The van der Waals surface area contributed by atoms with Crippen LogP contribution in [0, 0.1) is 4.90 Å². The molecule has 0 radical (unpaired) electrons. The summed E-state index contributed by atoms with van der Waals surface area (Å²) in [6, 6.07) is 0. The highest BCUT2D eigenvalue weighted by atomic mass is 32.1. The third-order valence-corrected chi connectivity index (χ3v) is 0.836. The van der Waals surface area contributed by atoms with E-state index in [9.17, 15) is 0 Å². The molecule has 8 heavy (non-hydrogen) atoms. The van der Waals surface area contributed by atoms with Gasteiger partial charge in [-0.3, -0.25) is 0 Å². The van der Waals surface area contributed by atoms with E-state index in [1.165, 1.54) is 6.26 Å². The molecule has 1 aromatic heterocycles. The van der Waals surface area contributed by atoms with E-state index in [-0.39, 0.29) is 11.5 Å². The van der Waals surface area contributed by atoms with Crippen LogP contribution in [0.25, 0.3) is 0 Å². The first-order valence-electron chi connectivity index (χ1n) is 2.01. The number of aliphatic hydroxyl groups is 1. The molecule has 1 heterocycles. The lowest BCUT2D eigenvalue weighted by Crippen LogP contribution is -1.72. The van der Waals surface area contributed by atoms with Crippen molar-refractivity contribution in [3.8, 4) is 0 Å². The maximum absolute atomic E-state index is 8.35. The molecule has 0 unspecified atom stereocenters. The van der Waals surface area contributed by atoms with E-state index in [0.717, 1.165) is 0 Å². The zero-order chi connectivity index (χ0) is 5.98. The molecule has 0 saturated carbocycles. The van der Waals surface area contributed by atoms with Crippen molar-refractivity contribution in [1.82, 2.24) is 0 Å². The SMILES string of the molecule is OCc1coc(=S)o1. The first-order valence-corrected chi connectivity index (χ1v) is 2.42. The molecule has 0 amide bonds. The van der Waals surface area contributed by atoms with Crippen molar-refractivity contribution in [3.05, 3.63) is 16.9 Å². The van der Waals surface area contributed by atoms with Crippen LogP contribution in [-0.2, 0) is 6.61 Å². The van der Waals surface area contributed by atoms with Gasteiger partial charge in [-0.2, -0.15) is 0 Å². The minimum atomic E-state index is -0.167. The van der Waals surface area contributed by atoms with Crippen LogP contribution in [0.4, 0.5) is 0 Å². The Hall–Kier alpha value is -0.610. The Bertz CT molecular complexity index is 211. The first kappa shape index (κ1) is 5.53.